The number of terminal acetylenes is 1. The van der Waals surface area contributed by atoms with Crippen molar-refractivity contribution in [2.75, 3.05) is 11.9 Å². The van der Waals surface area contributed by atoms with E-state index in [0.29, 0.717) is 0 Å². The van der Waals surface area contributed by atoms with Crippen molar-refractivity contribution in [2.24, 2.45) is 0 Å². The molecule has 2 aromatic carbocycles. The first-order chi connectivity index (χ1) is 11.0. The maximum Gasteiger partial charge on any atom is 0.258 e. The van der Waals surface area contributed by atoms with Crippen molar-refractivity contribution in [1.82, 2.24) is 5.32 Å². The summed E-state index contributed by atoms with van der Waals surface area (Å²) in [6.45, 7) is 0.0624. The van der Waals surface area contributed by atoms with Gasteiger partial charge in [0.25, 0.3) is 11.8 Å². The molecule has 0 saturated heterocycles. The summed E-state index contributed by atoms with van der Waals surface area (Å²) in [6, 6.07) is 10.1. The SMILES string of the molecule is C#CCNC(=O)c1ccccc1NC(=O)c1ccc(Cl)cc1F. The van der Waals surface area contributed by atoms with E-state index in [1.165, 1.54) is 24.3 Å². The van der Waals surface area contributed by atoms with E-state index in [2.05, 4.69) is 16.6 Å². The Balaban J connectivity index is 2.25. The van der Waals surface area contributed by atoms with Crippen LogP contribution in [0.25, 0.3) is 0 Å². The second-order valence-electron chi connectivity index (χ2n) is 4.51. The van der Waals surface area contributed by atoms with E-state index >= 15 is 0 Å². The second kappa shape index (κ2) is 7.43. The van der Waals surface area contributed by atoms with Gasteiger partial charge in [0.15, 0.2) is 0 Å². The molecule has 0 radical (unpaired) electrons. The molecule has 0 bridgehead atoms. The van der Waals surface area contributed by atoms with Crippen molar-refractivity contribution in [1.29, 1.82) is 0 Å². The Hall–Kier alpha value is -2.84. The van der Waals surface area contributed by atoms with Crippen molar-refractivity contribution in [2.45, 2.75) is 0 Å². The molecule has 23 heavy (non-hydrogen) atoms. The molecule has 0 saturated carbocycles. The minimum atomic E-state index is -0.746. The van der Waals surface area contributed by atoms with Gasteiger partial charge in [0.2, 0.25) is 0 Å². The maximum atomic E-state index is 13.8. The van der Waals surface area contributed by atoms with E-state index < -0.39 is 17.6 Å². The largest absolute Gasteiger partial charge is 0.341 e. The first kappa shape index (κ1) is 16.5. The number of para-hydroxylation sites is 1. The van der Waals surface area contributed by atoms with E-state index in [0.717, 1.165) is 6.07 Å². The molecule has 2 amide bonds. The quantitative estimate of drug-likeness (QED) is 0.846. The molecule has 0 aliphatic carbocycles. The van der Waals surface area contributed by atoms with Crippen molar-refractivity contribution in [3.05, 3.63) is 64.4 Å². The van der Waals surface area contributed by atoms with Crippen LogP contribution in [0.4, 0.5) is 10.1 Å². The number of hydrogen-bond acceptors (Lipinski definition) is 2. The summed E-state index contributed by atoms with van der Waals surface area (Å²) in [7, 11) is 0. The fourth-order valence-electron chi connectivity index (χ4n) is 1.88. The molecule has 0 unspecified atom stereocenters. The van der Waals surface area contributed by atoms with Gasteiger partial charge in [0.05, 0.1) is 23.4 Å². The first-order valence-electron chi connectivity index (χ1n) is 6.60. The summed E-state index contributed by atoms with van der Waals surface area (Å²) in [5, 5.41) is 5.20. The van der Waals surface area contributed by atoms with Crippen molar-refractivity contribution in [3.8, 4) is 12.3 Å². The van der Waals surface area contributed by atoms with Gasteiger partial charge < -0.3 is 10.6 Å². The summed E-state index contributed by atoms with van der Waals surface area (Å²) in [6.07, 6.45) is 5.09. The van der Waals surface area contributed by atoms with Gasteiger partial charge in [-0.05, 0) is 30.3 Å². The summed E-state index contributed by atoms with van der Waals surface area (Å²) in [4.78, 5) is 24.2. The lowest BCUT2D eigenvalue weighted by molar-refractivity contribution is 0.0959. The van der Waals surface area contributed by atoms with Gasteiger partial charge in [0, 0.05) is 5.02 Å². The van der Waals surface area contributed by atoms with Crippen LogP contribution < -0.4 is 10.6 Å². The lowest BCUT2D eigenvalue weighted by Crippen LogP contribution is -2.25. The lowest BCUT2D eigenvalue weighted by atomic mass is 10.1. The Labute approximate surface area is 137 Å². The average Bonchev–Trinajstić information content (AvgIpc) is 2.53. The summed E-state index contributed by atoms with van der Waals surface area (Å²) in [5.41, 5.74) is 0.306. The second-order valence-corrected chi connectivity index (χ2v) is 4.95. The zero-order valence-corrected chi connectivity index (χ0v) is 12.7. The summed E-state index contributed by atoms with van der Waals surface area (Å²) in [5.74, 6) is 0.421. The van der Waals surface area contributed by atoms with Gasteiger partial charge in [-0.25, -0.2) is 4.39 Å². The third-order valence-electron chi connectivity index (χ3n) is 2.95. The van der Waals surface area contributed by atoms with E-state index in [1.807, 2.05) is 0 Å². The summed E-state index contributed by atoms with van der Waals surface area (Å²) >= 11 is 5.66. The molecule has 2 N–H and O–H groups in total. The fourth-order valence-corrected chi connectivity index (χ4v) is 2.04. The molecule has 0 aliphatic heterocycles. The minimum absolute atomic E-state index is 0.0624. The van der Waals surface area contributed by atoms with Crippen molar-refractivity contribution < 1.29 is 14.0 Å². The van der Waals surface area contributed by atoms with E-state index in [4.69, 9.17) is 18.0 Å². The zero-order chi connectivity index (χ0) is 16.8. The molecule has 0 atom stereocenters. The molecule has 0 fully saturated rings. The van der Waals surface area contributed by atoms with Crippen LogP contribution in [0.1, 0.15) is 20.7 Å². The highest BCUT2D eigenvalue weighted by atomic mass is 35.5. The van der Waals surface area contributed by atoms with Crippen LogP contribution in [0.2, 0.25) is 5.02 Å². The highest BCUT2D eigenvalue weighted by Gasteiger charge is 2.16. The molecule has 4 nitrogen and oxygen atoms in total. The highest BCUT2D eigenvalue weighted by molar-refractivity contribution is 6.30. The molecule has 2 rings (SSSR count). The third kappa shape index (κ3) is 4.09. The number of carbonyl (C=O) groups excluding carboxylic acids is 2. The topological polar surface area (TPSA) is 58.2 Å². The first-order valence-corrected chi connectivity index (χ1v) is 6.98. The Bertz CT molecular complexity index is 799. The number of nitrogens with one attached hydrogen (secondary N) is 2. The highest BCUT2D eigenvalue weighted by Crippen LogP contribution is 2.19. The van der Waals surface area contributed by atoms with Crippen molar-refractivity contribution in [3.63, 3.8) is 0 Å². The Kier molecular flexibility index (Phi) is 5.34. The number of rotatable bonds is 4. The van der Waals surface area contributed by atoms with Gasteiger partial charge in [-0.3, -0.25) is 9.59 Å². The predicted molar refractivity (Wildman–Crippen MR) is 87.0 cm³/mol. The van der Waals surface area contributed by atoms with Crippen LogP contribution in [0.15, 0.2) is 42.5 Å². The van der Waals surface area contributed by atoms with Crippen LogP contribution in [-0.2, 0) is 0 Å². The van der Waals surface area contributed by atoms with Crippen molar-refractivity contribution >= 4 is 29.1 Å². The monoisotopic (exact) mass is 330 g/mol. The molecule has 0 spiro atoms. The number of carbonyl (C=O) groups is 2. The molecular formula is C17H12ClFN2O2. The molecule has 2 aromatic rings. The van der Waals surface area contributed by atoms with Gasteiger partial charge in [-0.15, -0.1) is 6.42 Å². The maximum absolute atomic E-state index is 13.8. The molecule has 0 aliphatic rings. The molecule has 116 valence electrons. The van der Waals surface area contributed by atoms with Crippen LogP contribution >= 0.6 is 11.6 Å². The number of anilines is 1. The van der Waals surface area contributed by atoms with Crippen LogP contribution in [0, 0.1) is 18.2 Å². The Morgan fingerprint density at radius 2 is 1.87 bits per heavy atom. The molecule has 0 heterocycles. The number of halogens is 2. The number of benzene rings is 2. The van der Waals surface area contributed by atoms with Gasteiger partial charge in [0.1, 0.15) is 5.82 Å². The smallest absolute Gasteiger partial charge is 0.258 e. The lowest BCUT2D eigenvalue weighted by Gasteiger charge is -2.11. The zero-order valence-electron chi connectivity index (χ0n) is 11.9. The van der Waals surface area contributed by atoms with Gasteiger partial charge in [-0.2, -0.15) is 0 Å². The van der Waals surface area contributed by atoms with Gasteiger partial charge in [-0.1, -0.05) is 29.7 Å². The summed E-state index contributed by atoms with van der Waals surface area (Å²) < 4.78 is 13.8. The van der Waals surface area contributed by atoms with Gasteiger partial charge >= 0.3 is 0 Å². The minimum Gasteiger partial charge on any atom is -0.341 e. The third-order valence-corrected chi connectivity index (χ3v) is 3.18. The van der Waals surface area contributed by atoms with E-state index in [1.54, 1.807) is 12.1 Å². The molecular weight excluding hydrogens is 319 g/mol. The molecule has 0 aromatic heterocycles. The fraction of sp³-hybridized carbons (Fsp3) is 0.0588. The molecule has 6 heteroatoms. The van der Waals surface area contributed by atoms with Crippen LogP contribution in [0.5, 0.6) is 0 Å². The Morgan fingerprint density at radius 3 is 2.57 bits per heavy atom. The normalized spacial score (nSPS) is 9.78. The van der Waals surface area contributed by atoms with Crippen LogP contribution in [0.3, 0.4) is 0 Å². The standard InChI is InChI=1S/C17H12ClFN2O2/c1-2-9-20-16(22)13-5-3-4-6-15(13)21-17(23)12-8-7-11(18)10-14(12)19/h1,3-8,10H,9H2,(H,20,22)(H,21,23). The predicted octanol–water partition coefficient (Wildman–Crippen LogP) is 3.09. The Morgan fingerprint density at radius 1 is 1.13 bits per heavy atom. The van der Waals surface area contributed by atoms with E-state index in [9.17, 15) is 14.0 Å². The number of hydrogen-bond donors (Lipinski definition) is 2. The number of amides is 2. The van der Waals surface area contributed by atoms with Crippen LogP contribution in [-0.4, -0.2) is 18.4 Å². The van der Waals surface area contributed by atoms with E-state index in [-0.39, 0.29) is 28.4 Å². The average molecular weight is 331 g/mol.